The van der Waals surface area contributed by atoms with Gasteiger partial charge in [0.1, 0.15) is 0 Å². The molecule has 0 radical (unpaired) electrons. The zero-order chi connectivity index (χ0) is 12.8. The number of aryl methyl sites for hydroxylation is 2. The molecule has 0 saturated carbocycles. The Kier molecular flexibility index (Phi) is 8.51. The van der Waals surface area contributed by atoms with Gasteiger partial charge in [0.15, 0.2) is 5.96 Å². The van der Waals surface area contributed by atoms with E-state index in [1.807, 2.05) is 13.8 Å². The standard InChI is InChI=1S/C12H22N4S.HI/c1-5-10-9(4)17-11(16-10)6-7-14-12(13)15-8(2)3;/h8H,5-7H2,1-4H3,(H3,13,14,15);1H. The number of hydrogen-bond donors (Lipinski definition) is 2. The van der Waals surface area contributed by atoms with Gasteiger partial charge in [-0.15, -0.1) is 35.3 Å². The monoisotopic (exact) mass is 382 g/mol. The van der Waals surface area contributed by atoms with Gasteiger partial charge in [-0.3, -0.25) is 4.99 Å². The number of aromatic nitrogens is 1. The number of nitrogens with one attached hydrogen (secondary N) is 1. The van der Waals surface area contributed by atoms with Crippen LogP contribution >= 0.6 is 35.3 Å². The normalized spacial score (nSPS) is 11.5. The van der Waals surface area contributed by atoms with Gasteiger partial charge < -0.3 is 11.1 Å². The van der Waals surface area contributed by atoms with Crippen LogP contribution < -0.4 is 11.1 Å². The number of nitrogens with zero attached hydrogens (tertiary/aromatic N) is 2. The lowest BCUT2D eigenvalue weighted by Gasteiger charge is -2.07. The highest BCUT2D eigenvalue weighted by atomic mass is 127. The number of guanidine groups is 1. The highest BCUT2D eigenvalue weighted by molar-refractivity contribution is 14.0. The lowest BCUT2D eigenvalue weighted by molar-refractivity contribution is 0.723. The second-order valence-corrected chi connectivity index (χ2v) is 5.57. The van der Waals surface area contributed by atoms with Gasteiger partial charge in [-0.25, -0.2) is 4.98 Å². The molecule has 0 amide bonds. The molecule has 0 unspecified atom stereocenters. The Morgan fingerprint density at radius 3 is 2.67 bits per heavy atom. The molecule has 1 aromatic rings. The van der Waals surface area contributed by atoms with Crippen LogP contribution in [0.2, 0.25) is 0 Å². The molecule has 1 heterocycles. The van der Waals surface area contributed by atoms with Crippen LogP contribution in [0.3, 0.4) is 0 Å². The molecule has 6 heteroatoms. The van der Waals surface area contributed by atoms with Crippen LogP contribution in [0.15, 0.2) is 4.99 Å². The van der Waals surface area contributed by atoms with Crippen molar-refractivity contribution in [2.24, 2.45) is 10.7 Å². The summed E-state index contributed by atoms with van der Waals surface area (Å²) in [7, 11) is 0. The fourth-order valence-electron chi connectivity index (χ4n) is 1.54. The van der Waals surface area contributed by atoms with Gasteiger partial charge >= 0.3 is 0 Å². The molecule has 1 rings (SSSR count). The van der Waals surface area contributed by atoms with Gasteiger partial charge in [0, 0.05) is 23.9 Å². The molecule has 0 aliphatic heterocycles. The third-order valence-corrected chi connectivity index (χ3v) is 3.39. The lowest BCUT2D eigenvalue weighted by Crippen LogP contribution is -2.36. The number of aliphatic imine (C=N–C) groups is 1. The Bertz CT molecular complexity index is 387. The summed E-state index contributed by atoms with van der Waals surface area (Å²) in [5, 5.41) is 4.22. The molecule has 0 bridgehead atoms. The predicted octanol–water partition coefficient (Wildman–Crippen LogP) is 2.49. The summed E-state index contributed by atoms with van der Waals surface area (Å²) in [5.74, 6) is 0.518. The molecule has 0 atom stereocenters. The van der Waals surface area contributed by atoms with Gasteiger partial charge in [-0.1, -0.05) is 6.92 Å². The lowest BCUT2D eigenvalue weighted by atomic mass is 10.3. The highest BCUT2D eigenvalue weighted by Crippen LogP contribution is 2.18. The molecule has 0 aliphatic carbocycles. The van der Waals surface area contributed by atoms with E-state index in [4.69, 9.17) is 5.73 Å². The Labute approximate surface area is 131 Å². The first-order chi connectivity index (χ1) is 8.02. The first-order valence-corrected chi connectivity index (χ1v) is 6.86. The molecule has 0 saturated heterocycles. The molecule has 0 spiro atoms. The van der Waals surface area contributed by atoms with Gasteiger partial charge in [0.05, 0.1) is 10.7 Å². The van der Waals surface area contributed by atoms with Crippen LogP contribution in [0.4, 0.5) is 0 Å². The van der Waals surface area contributed by atoms with Crippen molar-refractivity contribution in [3.63, 3.8) is 0 Å². The highest BCUT2D eigenvalue weighted by Gasteiger charge is 2.05. The van der Waals surface area contributed by atoms with Crippen LogP contribution in [0.25, 0.3) is 0 Å². The molecule has 0 aliphatic rings. The summed E-state index contributed by atoms with van der Waals surface area (Å²) in [6.45, 7) is 9.04. The van der Waals surface area contributed by atoms with E-state index in [-0.39, 0.29) is 24.0 Å². The van der Waals surface area contributed by atoms with Crippen molar-refractivity contribution >= 4 is 41.3 Å². The molecule has 0 aromatic carbocycles. The molecule has 0 fully saturated rings. The largest absolute Gasteiger partial charge is 0.370 e. The van der Waals surface area contributed by atoms with E-state index in [0.29, 0.717) is 18.5 Å². The van der Waals surface area contributed by atoms with E-state index in [2.05, 4.69) is 29.1 Å². The van der Waals surface area contributed by atoms with Gasteiger partial charge in [-0.2, -0.15) is 0 Å². The van der Waals surface area contributed by atoms with Crippen LogP contribution in [0.1, 0.15) is 36.3 Å². The van der Waals surface area contributed by atoms with Crippen LogP contribution in [-0.2, 0) is 12.8 Å². The summed E-state index contributed by atoms with van der Waals surface area (Å²) in [4.78, 5) is 10.2. The van der Waals surface area contributed by atoms with Gasteiger partial charge in [0.25, 0.3) is 0 Å². The second kappa shape index (κ2) is 8.68. The van der Waals surface area contributed by atoms with Crippen molar-refractivity contribution in [3.8, 4) is 0 Å². The van der Waals surface area contributed by atoms with Gasteiger partial charge in [0.2, 0.25) is 0 Å². The molecule has 4 nitrogen and oxygen atoms in total. The predicted molar refractivity (Wildman–Crippen MR) is 90.1 cm³/mol. The summed E-state index contributed by atoms with van der Waals surface area (Å²) < 4.78 is 0. The summed E-state index contributed by atoms with van der Waals surface area (Å²) in [6.07, 6.45) is 1.87. The van der Waals surface area contributed by atoms with E-state index in [9.17, 15) is 0 Å². The number of rotatable bonds is 5. The van der Waals surface area contributed by atoms with E-state index in [1.54, 1.807) is 11.3 Å². The number of halogens is 1. The average molecular weight is 382 g/mol. The minimum atomic E-state index is 0. The molecule has 1 aromatic heterocycles. The smallest absolute Gasteiger partial charge is 0.188 e. The zero-order valence-corrected chi connectivity index (χ0v) is 14.6. The molecular formula is C12H23IN4S. The molecule has 18 heavy (non-hydrogen) atoms. The first-order valence-electron chi connectivity index (χ1n) is 6.04. The maximum atomic E-state index is 5.72. The Hall–Kier alpha value is -0.370. The quantitative estimate of drug-likeness (QED) is 0.467. The Balaban J connectivity index is 0.00000289. The molecule has 3 N–H and O–H groups in total. The summed E-state index contributed by atoms with van der Waals surface area (Å²) in [6, 6.07) is 0.326. The SMILES string of the molecule is CCc1nc(CCN=C(N)NC(C)C)sc1C.I. The summed E-state index contributed by atoms with van der Waals surface area (Å²) >= 11 is 1.76. The first kappa shape index (κ1) is 17.6. The van der Waals surface area contributed by atoms with Crippen molar-refractivity contribution in [2.75, 3.05) is 6.54 Å². The minimum absolute atomic E-state index is 0. The summed E-state index contributed by atoms with van der Waals surface area (Å²) in [5.41, 5.74) is 6.93. The Morgan fingerprint density at radius 2 is 2.17 bits per heavy atom. The third-order valence-electron chi connectivity index (χ3n) is 2.32. The fourth-order valence-corrected chi connectivity index (χ4v) is 2.55. The number of thiazole rings is 1. The third kappa shape index (κ3) is 5.99. The van der Waals surface area contributed by atoms with Crippen LogP contribution in [0, 0.1) is 6.92 Å². The Morgan fingerprint density at radius 1 is 1.50 bits per heavy atom. The fraction of sp³-hybridized carbons (Fsp3) is 0.667. The van der Waals surface area contributed by atoms with Crippen LogP contribution in [0.5, 0.6) is 0 Å². The van der Waals surface area contributed by atoms with E-state index in [1.165, 1.54) is 10.6 Å². The van der Waals surface area contributed by atoms with E-state index < -0.39 is 0 Å². The topological polar surface area (TPSA) is 63.3 Å². The maximum Gasteiger partial charge on any atom is 0.188 e. The van der Waals surface area contributed by atoms with Crippen molar-refractivity contribution in [1.82, 2.24) is 10.3 Å². The second-order valence-electron chi connectivity index (χ2n) is 4.28. The van der Waals surface area contributed by atoms with Gasteiger partial charge in [-0.05, 0) is 27.2 Å². The van der Waals surface area contributed by atoms with Crippen molar-refractivity contribution in [2.45, 2.75) is 46.6 Å². The van der Waals surface area contributed by atoms with Crippen molar-refractivity contribution < 1.29 is 0 Å². The minimum Gasteiger partial charge on any atom is -0.370 e. The van der Waals surface area contributed by atoms with Crippen LogP contribution in [-0.4, -0.2) is 23.5 Å². The molecule has 104 valence electrons. The van der Waals surface area contributed by atoms with Crippen molar-refractivity contribution in [3.05, 3.63) is 15.6 Å². The average Bonchev–Trinajstić information content (AvgIpc) is 2.57. The molecular weight excluding hydrogens is 359 g/mol. The van der Waals surface area contributed by atoms with E-state index >= 15 is 0 Å². The zero-order valence-electron chi connectivity index (χ0n) is 11.5. The van der Waals surface area contributed by atoms with E-state index in [0.717, 1.165) is 17.8 Å². The number of nitrogens with two attached hydrogens (primary N) is 1. The maximum absolute atomic E-state index is 5.72. The number of hydrogen-bond acceptors (Lipinski definition) is 3. The van der Waals surface area contributed by atoms with Crippen molar-refractivity contribution in [1.29, 1.82) is 0 Å².